The van der Waals surface area contributed by atoms with Crippen LogP contribution in [0.4, 0.5) is 0 Å². The van der Waals surface area contributed by atoms with E-state index in [-0.39, 0.29) is 0 Å². The summed E-state index contributed by atoms with van der Waals surface area (Å²) in [6, 6.07) is 11.8. The summed E-state index contributed by atoms with van der Waals surface area (Å²) in [4.78, 5) is 0. The van der Waals surface area contributed by atoms with Gasteiger partial charge in [-0.25, -0.2) is 0 Å². The molecule has 16 heavy (non-hydrogen) atoms. The molecule has 0 bridgehead atoms. The highest BCUT2D eigenvalue weighted by molar-refractivity contribution is 5.17. The summed E-state index contributed by atoms with van der Waals surface area (Å²) in [5.74, 6) is 0. The van der Waals surface area contributed by atoms with Crippen molar-refractivity contribution in [2.24, 2.45) is 0 Å². The van der Waals surface area contributed by atoms with Crippen LogP contribution in [0.15, 0.2) is 30.3 Å². The molecule has 1 heteroatoms. The molecule has 0 aliphatic carbocycles. The Morgan fingerprint density at radius 1 is 1.06 bits per heavy atom. The Kier molecular flexibility index (Phi) is 3.65. The minimum atomic E-state index is 0.716. The quantitative estimate of drug-likeness (QED) is 0.675. The lowest BCUT2D eigenvalue weighted by Gasteiger charge is -2.41. The summed E-state index contributed by atoms with van der Waals surface area (Å²) in [6.45, 7) is 8.74. The third-order valence-electron chi connectivity index (χ3n) is 4.32. The molecular weight excluding hydrogens is 194 g/mol. The van der Waals surface area contributed by atoms with E-state index in [2.05, 4.69) is 44.2 Å². The van der Waals surface area contributed by atoms with Crippen LogP contribution < -0.4 is 0 Å². The molecule has 1 aromatic carbocycles. The summed E-state index contributed by atoms with van der Waals surface area (Å²) < 4.78 is 1.32. The van der Waals surface area contributed by atoms with E-state index in [1.807, 2.05) is 0 Å². The molecule has 0 aromatic heterocycles. The van der Waals surface area contributed by atoms with E-state index < -0.39 is 0 Å². The molecule has 1 aliphatic heterocycles. The van der Waals surface area contributed by atoms with Crippen LogP contribution in [0.3, 0.4) is 0 Å². The Hall–Kier alpha value is -0.820. The van der Waals surface area contributed by atoms with Crippen LogP contribution in [0.2, 0.25) is 0 Å². The van der Waals surface area contributed by atoms with Crippen molar-refractivity contribution in [1.82, 2.24) is 0 Å². The van der Waals surface area contributed by atoms with Gasteiger partial charge in [0, 0.05) is 24.8 Å². The summed E-state index contributed by atoms with van der Waals surface area (Å²) >= 11 is 0. The first-order chi connectivity index (χ1) is 7.82. The molecule has 2 rings (SSSR count). The van der Waals surface area contributed by atoms with Crippen molar-refractivity contribution in [1.29, 1.82) is 0 Å². The summed E-state index contributed by atoms with van der Waals surface area (Å²) in [6.07, 6.45) is 4.09. The lowest BCUT2D eigenvalue weighted by molar-refractivity contribution is -0.945. The average molecular weight is 218 g/mol. The molecule has 0 spiro atoms. The van der Waals surface area contributed by atoms with Gasteiger partial charge in [-0.05, 0) is 6.92 Å². The Labute approximate surface area is 99.7 Å². The van der Waals surface area contributed by atoms with E-state index in [1.165, 1.54) is 48.9 Å². The fourth-order valence-corrected chi connectivity index (χ4v) is 3.43. The lowest BCUT2D eigenvalue weighted by Crippen LogP contribution is -2.47. The number of hydrogen-bond donors (Lipinski definition) is 0. The van der Waals surface area contributed by atoms with Gasteiger partial charge in [-0.1, -0.05) is 37.3 Å². The van der Waals surface area contributed by atoms with Crippen LogP contribution in [0.25, 0.3) is 0 Å². The number of quaternary nitrogens is 1. The van der Waals surface area contributed by atoms with Gasteiger partial charge in [-0.15, -0.1) is 0 Å². The molecule has 1 fully saturated rings. The van der Waals surface area contributed by atoms with Crippen molar-refractivity contribution in [2.45, 2.75) is 39.2 Å². The van der Waals surface area contributed by atoms with Gasteiger partial charge >= 0.3 is 0 Å². The monoisotopic (exact) mass is 218 g/mol. The van der Waals surface area contributed by atoms with Crippen molar-refractivity contribution in [2.75, 3.05) is 19.6 Å². The van der Waals surface area contributed by atoms with Crippen LogP contribution in [0.5, 0.6) is 0 Å². The summed E-state index contributed by atoms with van der Waals surface area (Å²) in [5.41, 5.74) is 1.54. The first-order valence-electron chi connectivity index (χ1n) is 6.73. The molecule has 1 aromatic rings. The predicted molar refractivity (Wildman–Crippen MR) is 69.2 cm³/mol. The van der Waals surface area contributed by atoms with Gasteiger partial charge in [0.2, 0.25) is 0 Å². The van der Waals surface area contributed by atoms with E-state index in [9.17, 15) is 0 Å². The second-order valence-corrected chi connectivity index (χ2v) is 5.02. The largest absolute Gasteiger partial charge is 0.318 e. The first-order valence-corrected chi connectivity index (χ1v) is 6.73. The summed E-state index contributed by atoms with van der Waals surface area (Å²) in [5, 5.41) is 0. The second-order valence-electron chi connectivity index (χ2n) is 5.02. The molecule has 0 radical (unpaired) electrons. The zero-order chi connectivity index (χ0) is 11.4. The van der Waals surface area contributed by atoms with E-state index in [0.717, 1.165) is 0 Å². The Bertz CT molecular complexity index is 311. The van der Waals surface area contributed by atoms with Gasteiger partial charge in [0.15, 0.2) is 0 Å². The maximum Gasteiger partial charge on any atom is 0.114 e. The third-order valence-corrected chi connectivity index (χ3v) is 4.32. The van der Waals surface area contributed by atoms with Gasteiger partial charge in [-0.2, -0.15) is 0 Å². The van der Waals surface area contributed by atoms with Crippen LogP contribution in [0.1, 0.15) is 44.7 Å². The smallest absolute Gasteiger partial charge is 0.114 e. The van der Waals surface area contributed by atoms with Gasteiger partial charge in [-0.3, -0.25) is 0 Å². The highest BCUT2D eigenvalue weighted by Crippen LogP contribution is 2.35. The minimum absolute atomic E-state index is 0.716. The van der Waals surface area contributed by atoms with Crippen LogP contribution in [0, 0.1) is 0 Å². The predicted octanol–water partition coefficient (Wildman–Crippen LogP) is 3.77. The maximum atomic E-state index is 2.36. The number of likely N-dealkylation sites (tertiary alicyclic amines) is 1. The normalized spacial score (nSPS) is 20.9. The number of hydrogen-bond acceptors (Lipinski definition) is 0. The molecule has 0 N–H and O–H groups in total. The van der Waals surface area contributed by atoms with Gasteiger partial charge in [0.1, 0.15) is 6.04 Å². The van der Waals surface area contributed by atoms with E-state index >= 15 is 0 Å². The third kappa shape index (κ3) is 2.01. The molecule has 1 aliphatic rings. The molecule has 1 heterocycles. The SMILES string of the molecule is CCC(c1ccccc1)[N+]1(CC)CCCC1. The average Bonchev–Trinajstić information content (AvgIpc) is 2.81. The summed E-state index contributed by atoms with van der Waals surface area (Å²) in [7, 11) is 0. The molecule has 1 unspecified atom stereocenters. The van der Waals surface area contributed by atoms with Gasteiger partial charge in [0.05, 0.1) is 19.6 Å². The Balaban J connectivity index is 2.28. The van der Waals surface area contributed by atoms with E-state index in [0.29, 0.717) is 6.04 Å². The highest BCUT2D eigenvalue weighted by atomic mass is 15.4. The molecule has 88 valence electrons. The van der Waals surface area contributed by atoms with Crippen molar-refractivity contribution in [3.05, 3.63) is 35.9 Å². The lowest BCUT2D eigenvalue weighted by atomic mass is 10.0. The second kappa shape index (κ2) is 5.01. The van der Waals surface area contributed by atoms with Crippen LogP contribution >= 0.6 is 0 Å². The van der Waals surface area contributed by atoms with Crippen LogP contribution in [-0.4, -0.2) is 24.1 Å². The Morgan fingerprint density at radius 2 is 1.69 bits per heavy atom. The maximum absolute atomic E-state index is 2.36. The molecule has 0 saturated carbocycles. The van der Waals surface area contributed by atoms with Crippen LogP contribution in [-0.2, 0) is 0 Å². The topological polar surface area (TPSA) is 0 Å². The number of nitrogens with zero attached hydrogens (tertiary/aromatic N) is 1. The minimum Gasteiger partial charge on any atom is -0.318 e. The van der Waals surface area contributed by atoms with E-state index in [1.54, 1.807) is 0 Å². The molecule has 0 amide bonds. The Morgan fingerprint density at radius 3 is 2.19 bits per heavy atom. The van der Waals surface area contributed by atoms with Gasteiger partial charge in [0.25, 0.3) is 0 Å². The fourth-order valence-electron chi connectivity index (χ4n) is 3.43. The highest BCUT2D eigenvalue weighted by Gasteiger charge is 2.37. The number of rotatable bonds is 4. The molecular formula is C15H24N+. The van der Waals surface area contributed by atoms with Crippen molar-refractivity contribution < 1.29 is 4.48 Å². The van der Waals surface area contributed by atoms with Crippen molar-refractivity contribution in [3.63, 3.8) is 0 Å². The van der Waals surface area contributed by atoms with Gasteiger partial charge < -0.3 is 4.48 Å². The number of benzene rings is 1. The fraction of sp³-hybridized carbons (Fsp3) is 0.600. The standard InChI is InChI=1S/C15H24N/c1-3-15(14-10-6-5-7-11-14)16(4-2)12-8-9-13-16/h5-7,10-11,15H,3-4,8-9,12-13H2,1-2H3/q+1. The molecule has 1 saturated heterocycles. The first kappa shape index (κ1) is 11.7. The van der Waals surface area contributed by atoms with Crippen molar-refractivity contribution >= 4 is 0 Å². The van der Waals surface area contributed by atoms with Crippen molar-refractivity contribution in [3.8, 4) is 0 Å². The molecule has 1 nitrogen and oxygen atoms in total. The molecule has 1 atom stereocenters. The van der Waals surface area contributed by atoms with E-state index in [4.69, 9.17) is 0 Å². The zero-order valence-corrected chi connectivity index (χ0v) is 10.7. The zero-order valence-electron chi connectivity index (χ0n) is 10.7.